The van der Waals surface area contributed by atoms with Crippen LogP contribution in [0.15, 0.2) is 12.1 Å². The van der Waals surface area contributed by atoms with E-state index in [-0.39, 0.29) is 0 Å². The summed E-state index contributed by atoms with van der Waals surface area (Å²) < 4.78 is 16.2. The highest BCUT2D eigenvalue weighted by atomic mass is 16.6. The van der Waals surface area contributed by atoms with E-state index in [9.17, 15) is 5.11 Å². The zero-order valence-electron chi connectivity index (χ0n) is 9.81. The molecule has 0 aromatic heterocycles. The van der Waals surface area contributed by atoms with Crippen LogP contribution in [-0.4, -0.2) is 32.0 Å². The molecule has 0 aliphatic carbocycles. The van der Waals surface area contributed by atoms with Crippen molar-refractivity contribution in [2.45, 2.75) is 12.5 Å². The van der Waals surface area contributed by atoms with Gasteiger partial charge in [-0.1, -0.05) is 0 Å². The maximum absolute atomic E-state index is 9.98. The SMILES string of the molecule is COc1cc2c(cc1C(O)CCN)OCCO2. The summed E-state index contributed by atoms with van der Waals surface area (Å²) in [4.78, 5) is 0. The van der Waals surface area contributed by atoms with Gasteiger partial charge < -0.3 is 25.1 Å². The summed E-state index contributed by atoms with van der Waals surface area (Å²) >= 11 is 0. The van der Waals surface area contributed by atoms with Gasteiger partial charge in [-0.25, -0.2) is 0 Å². The molecular formula is C12H17NO4. The van der Waals surface area contributed by atoms with Crippen molar-refractivity contribution >= 4 is 0 Å². The number of benzene rings is 1. The van der Waals surface area contributed by atoms with Crippen LogP contribution in [0.2, 0.25) is 0 Å². The molecule has 1 aliphatic heterocycles. The predicted molar refractivity (Wildman–Crippen MR) is 62.6 cm³/mol. The van der Waals surface area contributed by atoms with E-state index in [1.165, 1.54) is 0 Å². The molecule has 94 valence electrons. The van der Waals surface area contributed by atoms with Crippen LogP contribution < -0.4 is 19.9 Å². The van der Waals surface area contributed by atoms with Gasteiger partial charge in [0.2, 0.25) is 0 Å². The second kappa shape index (κ2) is 5.25. The van der Waals surface area contributed by atoms with Crippen molar-refractivity contribution < 1.29 is 19.3 Å². The lowest BCUT2D eigenvalue weighted by atomic mass is 10.0. The molecule has 0 spiro atoms. The van der Waals surface area contributed by atoms with Crippen LogP contribution in [0, 0.1) is 0 Å². The number of rotatable bonds is 4. The third kappa shape index (κ3) is 2.45. The highest BCUT2D eigenvalue weighted by Crippen LogP contribution is 2.39. The van der Waals surface area contributed by atoms with E-state index in [0.717, 1.165) is 0 Å². The number of hydrogen-bond acceptors (Lipinski definition) is 5. The quantitative estimate of drug-likeness (QED) is 0.814. The van der Waals surface area contributed by atoms with Gasteiger partial charge in [-0.05, 0) is 19.0 Å². The average Bonchev–Trinajstić information content (AvgIpc) is 2.37. The summed E-state index contributed by atoms with van der Waals surface area (Å²) in [5, 5.41) is 9.98. The van der Waals surface area contributed by atoms with E-state index < -0.39 is 6.10 Å². The van der Waals surface area contributed by atoms with Crippen molar-refractivity contribution in [1.29, 1.82) is 0 Å². The smallest absolute Gasteiger partial charge is 0.165 e. The molecule has 5 nitrogen and oxygen atoms in total. The zero-order valence-corrected chi connectivity index (χ0v) is 9.81. The second-order valence-electron chi connectivity index (χ2n) is 3.83. The summed E-state index contributed by atoms with van der Waals surface area (Å²) in [7, 11) is 1.56. The molecule has 1 aliphatic rings. The van der Waals surface area contributed by atoms with Crippen molar-refractivity contribution in [2.24, 2.45) is 5.73 Å². The molecule has 0 saturated heterocycles. The topological polar surface area (TPSA) is 73.9 Å². The molecule has 0 saturated carbocycles. The number of fused-ring (bicyclic) bond motifs is 1. The predicted octanol–water partition coefficient (Wildman–Crippen LogP) is 0.849. The van der Waals surface area contributed by atoms with E-state index >= 15 is 0 Å². The Bertz CT molecular complexity index is 394. The number of methoxy groups -OCH3 is 1. The first kappa shape index (κ1) is 12.0. The summed E-state index contributed by atoms with van der Waals surface area (Å²) in [6.07, 6.45) is -0.165. The molecule has 2 rings (SSSR count). The summed E-state index contributed by atoms with van der Waals surface area (Å²) in [5.74, 6) is 1.88. The molecule has 1 unspecified atom stereocenters. The third-order valence-corrected chi connectivity index (χ3v) is 2.69. The maximum atomic E-state index is 9.98. The van der Waals surface area contributed by atoms with Gasteiger partial charge in [0.15, 0.2) is 11.5 Å². The van der Waals surface area contributed by atoms with Gasteiger partial charge in [0.05, 0.1) is 13.2 Å². The first-order valence-electron chi connectivity index (χ1n) is 5.62. The minimum Gasteiger partial charge on any atom is -0.496 e. The first-order chi connectivity index (χ1) is 8.26. The van der Waals surface area contributed by atoms with Gasteiger partial charge in [0.25, 0.3) is 0 Å². The first-order valence-corrected chi connectivity index (χ1v) is 5.62. The van der Waals surface area contributed by atoms with E-state index in [1.807, 2.05) is 0 Å². The standard InChI is InChI=1S/C12H17NO4/c1-15-10-7-12-11(16-4-5-17-12)6-8(10)9(14)2-3-13/h6-7,9,14H,2-5,13H2,1H3. The summed E-state index contributed by atoms with van der Waals surface area (Å²) in [6, 6.07) is 3.50. The molecule has 0 bridgehead atoms. The molecular weight excluding hydrogens is 222 g/mol. The van der Waals surface area contributed by atoms with Crippen molar-refractivity contribution in [3.63, 3.8) is 0 Å². The molecule has 5 heteroatoms. The van der Waals surface area contributed by atoms with Crippen LogP contribution in [0.5, 0.6) is 17.2 Å². The number of hydrogen-bond donors (Lipinski definition) is 2. The van der Waals surface area contributed by atoms with Gasteiger partial charge in [-0.2, -0.15) is 0 Å². The highest BCUT2D eigenvalue weighted by molar-refractivity contribution is 5.52. The summed E-state index contributed by atoms with van der Waals surface area (Å²) in [6.45, 7) is 1.46. The van der Waals surface area contributed by atoms with Crippen LogP contribution in [0.4, 0.5) is 0 Å². The Morgan fingerprint density at radius 1 is 1.35 bits per heavy atom. The van der Waals surface area contributed by atoms with Crippen molar-refractivity contribution in [2.75, 3.05) is 26.9 Å². The van der Waals surface area contributed by atoms with Gasteiger partial charge in [0.1, 0.15) is 19.0 Å². The third-order valence-electron chi connectivity index (χ3n) is 2.69. The van der Waals surface area contributed by atoms with Gasteiger partial charge >= 0.3 is 0 Å². The Morgan fingerprint density at radius 3 is 2.59 bits per heavy atom. The molecule has 17 heavy (non-hydrogen) atoms. The van der Waals surface area contributed by atoms with E-state index in [4.69, 9.17) is 19.9 Å². The van der Waals surface area contributed by atoms with E-state index in [2.05, 4.69) is 0 Å². The molecule has 0 amide bonds. The van der Waals surface area contributed by atoms with Crippen LogP contribution in [0.3, 0.4) is 0 Å². The monoisotopic (exact) mass is 239 g/mol. The molecule has 3 N–H and O–H groups in total. The Kier molecular flexibility index (Phi) is 3.71. The molecule has 0 radical (unpaired) electrons. The van der Waals surface area contributed by atoms with Gasteiger partial charge in [-0.3, -0.25) is 0 Å². The van der Waals surface area contributed by atoms with Crippen LogP contribution in [0.25, 0.3) is 0 Å². The van der Waals surface area contributed by atoms with Crippen molar-refractivity contribution in [3.8, 4) is 17.2 Å². The fraction of sp³-hybridized carbons (Fsp3) is 0.500. The fourth-order valence-corrected chi connectivity index (χ4v) is 1.84. The minimum atomic E-state index is -0.647. The van der Waals surface area contributed by atoms with E-state index in [0.29, 0.717) is 49.0 Å². The summed E-state index contributed by atoms with van der Waals surface area (Å²) in [5.41, 5.74) is 6.12. The number of ether oxygens (including phenoxy) is 3. The fourth-order valence-electron chi connectivity index (χ4n) is 1.84. The highest BCUT2D eigenvalue weighted by Gasteiger charge is 2.20. The number of nitrogens with two attached hydrogens (primary N) is 1. The van der Waals surface area contributed by atoms with E-state index in [1.54, 1.807) is 19.2 Å². The van der Waals surface area contributed by atoms with Crippen LogP contribution in [-0.2, 0) is 0 Å². The van der Waals surface area contributed by atoms with Crippen LogP contribution in [0.1, 0.15) is 18.1 Å². The second-order valence-corrected chi connectivity index (χ2v) is 3.83. The molecule has 0 fully saturated rings. The molecule has 1 heterocycles. The molecule has 1 atom stereocenters. The Hall–Kier alpha value is -1.46. The van der Waals surface area contributed by atoms with Crippen LogP contribution >= 0.6 is 0 Å². The Balaban J connectivity index is 2.36. The minimum absolute atomic E-state index is 0.415. The lowest BCUT2D eigenvalue weighted by molar-refractivity contribution is 0.157. The number of aliphatic hydroxyl groups excluding tert-OH is 1. The zero-order chi connectivity index (χ0) is 12.3. The normalized spacial score (nSPS) is 15.5. The van der Waals surface area contributed by atoms with Gasteiger partial charge in [-0.15, -0.1) is 0 Å². The maximum Gasteiger partial charge on any atom is 0.165 e. The number of aliphatic hydroxyl groups is 1. The Labute approximate surface area is 100 Å². The lowest BCUT2D eigenvalue weighted by Gasteiger charge is -2.22. The van der Waals surface area contributed by atoms with Gasteiger partial charge in [0, 0.05) is 11.6 Å². The lowest BCUT2D eigenvalue weighted by Crippen LogP contribution is -2.16. The molecule has 1 aromatic rings. The largest absolute Gasteiger partial charge is 0.496 e. The molecule has 1 aromatic carbocycles. The average molecular weight is 239 g/mol. The van der Waals surface area contributed by atoms with Crippen molar-refractivity contribution in [1.82, 2.24) is 0 Å². The van der Waals surface area contributed by atoms with Crippen molar-refractivity contribution in [3.05, 3.63) is 17.7 Å². The Morgan fingerprint density at radius 2 is 2.00 bits per heavy atom.